The van der Waals surface area contributed by atoms with Gasteiger partial charge in [-0.05, 0) is 42.0 Å². The van der Waals surface area contributed by atoms with E-state index in [1.54, 1.807) is 23.7 Å². The third-order valence-corrected chi connectivity index (χ3v) is 6.97. The van der Waals surface area contributed by atoms with E-state index in [1.165, 1.54) is 11.8 Å². The first kappa shape index (κ1) is 20.0. The number of carbonyl (C=O) groups excluding carboxylic acids is 1. The van der Waals surface area contributed by atoms with E-state index in [9.17, 15) is 4.79 Å². The Bertz CT molecular complexity index is 1140. The molecule has 1 amide bonds. The van der Waals surface area contributed by atoms with Gasteiger partial charge in [-0.3, -0.25) is 14.3 Å². The Morgan fingerprint density at radius 3 is 2.71 bits per heavy atom. The highest BCUT2D eigenvalue weighted by atomic mass is 32.2. The van der Waals surface area contributed by atoms with Crippen molar-refractivity contribution in [2.75, 3.05) is 5.75 Å². The number of thiophene rings is 1. The van der Waals surface area contributed by atoms with E-state index in [0.717, 1.165) is 39.8 Å². The van der Waals surface area contributed by atoms with Crippen molar-refractivity contribution >= 4 is 29.0 Å². The fourth-order valence-electron chi connectivity index (χ4n) is 3.48. The van der Waals surface area contributed by atoms with E-state index in [4.69, 9.17) is 0 Å². The maximum Gasteiger partial charge on any atom is 0.231 e. The molecule has 1 aliphatic carbocycles. The number of hydrogen-bond acceptors (Lipinski definition) is 6. The van der Waals surface area contributed by atoms with Gasteiger partial charge >= 0.3 is 0 Å². The van der Waals surface area contributed by atoms with E-state index in [2.05, 4.69) is 31.1 Å². The summed E-state index contributed by atoms with van der Waals surface area (Å²) in [4.78, 5) is 18.2. The molecule has 1 aromatic carbocycles. The minimum atomic E-state index is -0.151. The van der Waals surface area contributed by atoms with Crippen molar-refractivity contribution in [2.24, 2.45) is 0 Å². The molecule has 6 nitrogen and oxygen atoms in total. The molecule has 1 atom stereocenters. The number of benzene rings is 1. The predicted molar refractivity (Wildman–Crippen MR) is 123 cm³/mol. The number of carbonyl (C=O) groups is 1. The molecule has 156 valence electrons. The molecule has 3 heterocycles. The Morgan fingerprint density at radius 2 is 2.00 bits per heavy atom. The molecule has 1 saturated carbocycles. The van der Waals surface area contributed by atoms with Crippen molar-refractivity contribution in [1.82, 2.24) is 25.1 Å². The van der Waals surface area contributed by atoms with Crippen molar-refractivity contribution < 1.29 is 4.79 Å². The molecule has 0 spiro atoms. The number of amides is 1. The van der Waals surface area contributed by atoms with Gasteiger partial charge in [0.25, 0.3) is 0 Å². The van der Waals surface area contributed by atoms with Gasteiger partial charge in [-0.15, -0.1) is 21.5 Å². The number of nitrogens with one attached hydrogen (secondary N) is 1. The van der Waals surface area contributed by atoms with Crippen molar-refractivity contribution in [3.63, 3.8) is 0 Å². The van der Waals surface area contributed by atoms with Crippen molar-refractivity contribution in [3.05, 3.63) is 82.8 Å². The zero-order chi connectivity index (χ0) is 21.0. The number of aromatic nitrogens is 4. The third-order valence-electron chi connectivity index (χ3n) is 5.09. The number of nitrogens with zero attached hydrogens (tertiary/aromatic N) is 4. The Kier molecular flexibility index (Phi) is 5.82. The molecule has 0 aliphatic heterocycles. The second-order valence-electron chi connectivity index (χ2n) is 7.36. The van der Waals surface area contributed by atoms with E-state index in [0.29, 0.717) is 6.04 Å². The Morgan fingerprint density at radius 1 is 1.13 bits per heavy atom. The summed E-state index contributed by atoms with van der Waals surface area (Å²) in [5, 5.41) is 14.8. The van der Waals surface area contributed by atoms with E-state index >= 15 is 0 Å². The average molecular weight is 448 g/mol. The van der Waals surface area contributed by atoms with Gasteiger partial charge in [0.15, 0.2) is 11.0 Å². The molecule has 1 fully saturated rings. The number of rotatable bonds is 8. The van der Waals surface area contributed by atoms with E-state index in [-0.39, 0.29) is 17.7 Å². The molecule has 0 saturated heterocycles. The molecule has 4 aromatic rings. The summed E-state index contributed by atoms with van der Waals surface area (Å²) in [6, 6.07) is 18.3. The quantitative estimate of drug-likeness (QED) is 0.395. The highest BCUT2D eigenvalue weighted by Gasteiger charge is 2.30. The smallest absolute Gasteiger partial charge is 0.231 e. The highest BCUT2D eigenvalue weighted by Crippen LogP contribution is 2.41. The fourth-order valence-corrected chi connectivity index (χ4v) is 5.10. The summed E-state index contributed by atoms with van der Waals surface area (Å²) in [6.45, 7) is 0. The number of hydrogen-bond donors (Lipinski definition) is 1. The number of thioether (sulfide) groups is 1. The zero-order valence-electron chi connectivity index (χ0n) is 16.7. The Balaban J connectivity index is 1.31. The van der Waals surface area contributed by atoms with Gasteiger partial charge in [0.1, 0.15) is 0 Å². The lowest BCUT2D eigenvalue weighted by molar-refractivity contribution is -0.119. The molecule has 0 bridgehead atoms. The van der Waals surface area contributed by atoms with Gasteiger partial charge < -0.3 is 5.32 Å². The molecule has 8 heteroatoms. The SMILES string of the molecule is O=C(CSc1nnc(-c2cccnc2)n1C1CC1)N[C@@H](c1ccccc1)c1cccs1. The van der Waals surface area contributed by atoms with Gasteiger partial charge in [0.05, 0.1) is 11.8 Å². The summed E-state index contributed by atoms with van der Waals surface area (Å²) >= 11 is 3.08. The summed E-state index contributed by atoms with van der Waals surface area (Å²) in [5.41, 5.74) is 2.02. The van der Waals surface area contributed by atoms with Crippen molar-refractivity contribution in [1.29, 1.82) is 0 Å². The van der Waals surface area contributed by atoms with Crippen molar-refractivity contribution in [2.45, 2.75) is 30.1 Å². The highest BCUT2D eigenvalue weighted by molar-refractivity contribution is 7.99. The normalized spacial score (nSPS) is 14.3. The van der Waals surface area contributed by atoms with Crippen LogP contribution in [0.1, 0.15) is 35.4 Å². The van der Waals surface area contributed by atoms with Crippen LogP contribution in [0.4, 0.5) is 0 Å². The van der Waals surface area contributed by atoms with Gasteiger partial charge in [-0.1, -0.05) is 48.2 Å². The summed E-state index contributed by atoms with van der Waals surface area (Å²) < 4.78 is 2.16. The minimum absolute atomic E-state index is 0.0273. The van der Waals surface area contributed by atoms with Crippen LogP contribution in [0.25, 0.3) is 11.4 Å². The lowest BCUT2D eigenvalue weighted by atomic mass is 10.1. The van der Waals surface area contributed by atoms with Crippen LogP contribution in [-0.4, -0.2) is 31.4 Å². The van der Waals surface area contributed by atoms with Crippen LogP contribution in [0.15, 0.2) is 77.5 Å². The van der Waals surface area contributed by atoms with Crippen LogP contribution < -0.4 is 5.32 Å². The van der Waals surface area contributed by atoms with Gasteiger partial charge in [-0.25, -0.2) is 0 Å². The summed E-state index contributed by atoms with van der Waals surface area (Å²) in [7, 11) is 0. The fraction of sp³-hybridized carbons (Fsp3) is 0.217. The minimum Gasteiger partial charge on any atom is -0.344 e. The molecule has 31 heavy (non-hydrogen) atoms. The standard InChI is InChI=1S/C23H21N5OS2/c29-20(25-21(19-9-5-13-30-19)16-6-2-1-3-7-16)15-31-23-27-26-22(28(23)18-10-11-18)17-8-4-12-24-14-17/h1-9,12-14,18,21H,10-11,15H2,(H,25,29)/t21-/m0/s1. The first-order valence-corrected chi connectivity index (χ1v) is 12.0. The molecule has 1 N–H and O–H groups in total. The third kappa shape index (κ3) is 4.55. The summed E-state index contributed by atoms with van der Waals surface area (Å²) in [5.74, 6) is 1.08. The van der Waals surface area contributed by atoms with Crippen LogP contribution in [0, 0.1) is 0 Å². The van der Waals surface area contributed by atoms with Crippen molar-refractivity contribution in [3.8, 4) is 11.4 Å². The van der Waals surface area contributed by atoms with E-state index < -0.39 is 0 Å². The molecule has 1 aliphatic rings. The molecular formula is C23H21N5OS2. The molecule has 3 aromatic heterocycles. The predicted octanol–water partition coefficient (Wildman–Crippen LogP) is 4.73. The van der Waals surface area contributed by atoms with Crippen LogP contribution in [0.5, 0.6) is 0 Å². The first-order chi connectivity index (χ1) is 15.3. The maximum absolute atomic E-state index is 12.9. The Labute approximate surface area is 188 Å². The molecular weight excluding hydrogens is 426 g/mol. The monoisotopic (exact) mass is 447 g/mol. The summed E-state index contributed by atoms with van der Waals surface area (Å²) in [6.07, 6.45) is 5.77. The zero-order valence-corrected chi connectivity index (χ0v) is 18.4. The molecule has 0 unspecified atom stereocenters. The number of pyridine rings is 1. The molecule has 5 rings (SSSR count). The van der Waals surface area contributed by atoms with Crippen LogP contribution in [-0.2, 0) is 4.79 Å². The van der Waals surface area contributed by atoms with E-state index in [1.807, 2.05) is 53.9 Å². The van der Waals surface area contributed by atoms with Gasteiger partial charge in [0, 0.05) is 28.9 Å². The average Bonchev–Trinajstić information content (AvgIpc) is 3.33. The van der Waals surface area contributed by atoms with Crippen LogP contribution >= 0.6 is 23.1 Å². The lowest BCUT2D eigenvalue weighted by Crippen LogP contribution is -2.30. The lowest BCUT2D eigenvalue weighted by Gasteiger charge is -2.18. The largest absolute Gasteiger partial charge is 0.344 e. The van der Waals surface area contributed by atoms with Gasteiger partial charge in [-0.2, -0.15) is 0 Å². The van der Waals surface area contributed by atoms with Crippen LogP contribution in [0.2, 0.25) is 0 Å². The second kappa shape index (κ2) is 9.03. The molecule has 0 radical (unpaired) electrons. The maximum atomic E-state index is 12.9. The van der Waals surface area contributed by atoms with Gasteiger partial charge in [0.2, 0.25) is 5.91 Å². The topological polar surface area (TPSA) is 72.7 Å². The second-order valence-corrected chi connectivity index (χ2v) is 9.29. The first-order valence-electron chi connectivity index (χ1n) is 10.2. The Hall–Kier alpha value is -2.97. The van der Waals surface area contributed by atoms with Crippen LogP contribution in [0.3, 0.4) is 0 Å².